The van der Waals surface area contributed by atoms with Gasteiger partial charge < -0.3 is 21.1 Å². The molecule has 0 radical (unpaired) electrons. The van der Waals surface area contributed by atoms with Crippen LogP contribution in [0.15, 0.2) is 23.1 Å². The molecule has 5 heterocycles. The lowest BCUT2D eigenvalue weighted by atomic mass is 9.73. The molecule has 10 heteroatoms. The molecule has 10 nitrogen and oxygen atoms in total. The SMILES string of the molecule is C[C@@H]1OCC2(CCN(c3nc4n[nH]c(-c5ccnc(N)c5)c4c(=O)n3C)CC2)[C@@H]1N. The number of H-pyrrole nitrogens is 1. The van der Waals surface area contributed by atoms with E-state index in [-0.39, 0.29) is 23.1 Å². The summed E-state index contributed by atoms with van der Waals surface area (Å²) >= 11 is 0. The maximum atomic E-state index is 13.2. The fourth-order valence-corrected chi connectivity index (χ4v) is 4.76. The molecule has 2 atom stereocenters. The Bertz CT molecular complexity index is 1160. The molecule has 0 bridgehead atoms. The minimum absolute atomic E-state index is 0.0136. The van der Waals surface area contributed by atoms with Crippen molar-refractivity contribution in [3.05, 3.63) is 28.7 Å². The van der Waals surface area contributed by atoms with E-state index in [9.17, 15) is 4.79 Å². The van der Waals surface area contributed by atoms with E-state index in [0.717, 1.165) is 31.5 Å². The van der Waals surface area contributed by atoms with E-state index in [1.54, 1.807) is 29.9 Å². The minimum Gasteiger partial charge on any atom is -0.384 e. The van der Waals surface area contributed by atoms with E-state index < -0.39 is 0 Å². The lowest BCUT2D eigenvalue weighted by Crippen LogP contribution is -2.51. The van der Waals surface area contributed by atoms with Crippen molar-refractivity contribution < 1.29 is 4.74 Å². The zero-order valence-electron chi connectivity index (χ0n) is 17.1. The molecule has 5 N–H and O–H groups in total. The number of rotatable bonds is 2. The van der Waals surface area contributed by atoms with Gasteiger partial charge in [0.15, 0.2) is 5.65 Å². The summed E-state index contributed by atoms with van der Waals surface area (Å²) in [6.07, 6.45) is 3.51. The third-order valence-corrected chi connectivity index (χ3v) is 6.73. The summed E-state index contributed by atoms with van der Waals surface area (Å²) in [4.78, 5) is 24.1. The van der Waals surface area contributed by atoms with Gasteiger partial charge in [0.1, 0.15) is 11.2 Å². The van der Waals surface area contributed by atoms with Gasteiger partial charge in [-0.1, -0.05) is 0 Å². The second-order valence-corrected chi connectivity index (χ2v) is 8.43. The van der Waals surface area contributed by atoms with Gasteiger partial charge in [-0.15, -0.1) is 0 Å². The summed E-state index contributed by atoms with van der Waals surface area (Å²) in [5, 5.41) is 7.69. The van der Waals surface area contributed by atoms with E-state index in [4.69, 9.17) is 21.2 Å². The Hall–Kier alpha value is -2.98. The van der Waals surface area contributed by atoms with Crippen molar-refractivity contribution in [2.45, 2.75) is 31.9 Å². The second kappa shape index (κ2) is 6.78. The predicted octanol–water partition coefficient (Wildman–Crippen LogP) is 0.633. The molecule has 0 aromatic carbocycles. The number of aromatic nitrogens is 5. The highest BCUT2D eigenvalue weighted by Gasteiger charge is 2.47. The number of piperidine rings is 1. The Morgan fingerprint density at radius 3 is 2.77 bits per heavy atom. The van der Waals surface area contributed by atoms with Crippen molar-refractivity contribution in [1.82, 2.24) is 24.7 Å². The summed E-state index contributed by atoms with van der Waals surface area (Å²) in [6, 6.07) is 3.54. The van der Waals surface area contributed by atoms with Crippen LogP contribution >= 0.6 is 0 Å². The van der Waals surface area contributed by atoms with Crippen LogP contribution in [-0.4, -0.2) is 56.6 Å². The standard InChI is InChI=1S/C20H26N8O2/c1-11-16(22)20(10-30-11)4-7-28(8-5-20)19-24-17-14(18(29)27(19)2)15(25-26-17)12-3-6-23-13(21)9-12/h3,6,9,11,16H,4-5,7-8,10,22H2,1-2H3,(H2,21,23)(H,25,26)/t11-,16+/m0/s1. The molecule has 1 spiro atoms. The average molecular weight is 410 g/mol. The van der Waals surface area contributed by atoms with Crippen molar-refractivity contribution in [2.24, 2.45) is 18.2 Å². The number of aromatic amines is 1. The van der Waals surface area contributed by atoms with Crippen LogP contribution in [-0.2, 0) is 11.8 Å². The zero-order valence-corrected chi connectivity index (χ0v) is 17.1. The molecule has 0 aliphatic carbocycles. The van der Waals surface area contributed by atoms with Crippen molar-refractivity contribution in [3.63, 3.8) is 0 Å². The number of hydrogen-bond acceptors (Lipinski definition) is 8. The molecule has 3 aromatic heterocycles. The summed E-state index contributed by atoms with van der Waals surface area (Å²) < 4.78 is 7.41. The molecule has 2 aliphatic rings. The van der Waals surface area contributed by atoms with Gasteiger partial charge in [0.2, 0.25) is 5.95 Å². The topological polar surface area (TPSA) is 141 Å². The molecule has 30 heavy (non-hydrogen) atoms. The van der Waals surface area contributed by atoms with Gasteiger partial charge in [0, 0.05) is 43.4 Å². The van der Waals surface area contributed by atoms with Gasteiger partial charge in [-0.2, -0.15) is 10.1 Å². The summed E-state index contributed by atoms with van der Waals surface area (Å²) in [5.41, 5.74) is 13.8. The maximum Gasteiger partial charge on any atom is 0.266 e. The van der Waals surface area contributed by atoms with Crippen LogP contribution in [0.4, 0.5) is 11.8 Å². The molecule has 2 saturated heterocycles. The smallest absolute Gasteiger partial charge is 0.266 e. The number of nitrogens with zero attached hydrogens (tertiary/aromatic N) is 5. The van der Waals surface area contributed by atoms with E-state index in [1.165, 1.54) is 0 Å². The summed E-state index contributed by atoms with van der Waals surface area (Å²) in [6.45, 7) is 4.28. The van der Waals surface area contributed by atoms with Crippen LogP contribution in [0.25, 0.3) is 22.3 Å². The van der Waals surface area contributed by atoms with Crippen molar-refractivity contribution in [3.8, 4) is 11.3 Å². The average Bonchev–Trinajstić information content (AvgIpc) is 3.29. The van der Waals surface area contributed by atoms with Crippen molar-refractivity contribution >= 4 is 22.8 Å². The molecule has 5 rings (SSSR count). The van der Waals surface area contributed by atoms with Crippen LogP contribution in [0.1, 0.15) is 19.8 Å². The van der Waals surface area contributed by atoms with Crippen LogP contribution < -0.4 is 21.9 Å². The fourth-order valence-electron chi connectivity index (χ4n) is 4.76. The zero-order chi connectivity index (χ0) is 21.0. The first-order valence-electron chi connectivity index (χ1n) is 10.2. The third-order valence-electron chi connectivity index (χ3n) is 6.73. The number of anilines is 2. The van der Waals surface area contributed by atoms with Crippen LogP contribution in [0, 0.1) is 5.41 Å². The number of nitrogens with two attached hydrogens (primary N) is 2. The number of nitrogen functional groups attached to an aromatic ring is 1. The highest BCUT2D eigenvalue weighted by Crippen LogP contribution is 2.41. The number of pyridine rings is 1. The monoisotopic (exact) mass is 410 g/mol. The Morgan fingerprint density at radius 1 is 1.33 bits per heavy atom. The van der Waals surface area contributed by atoms with Crippen LogP contribution in [0.5, 0.6) is 0 Å². The van der Waals surface area contributed by atoms with Crippen molar-refractivity contribution in [2.75, 3.05) is 30.3 Å². The third kappa shape index (κ3) is 2.78. The van der Waals surface area contributed by atoms with Crippen LogP contribution in [0.2, 0.25) is 0 Å². The first-order valence-corrected chi connectivity index (χ1v) is 10.2. The quantitative estimate of drug-likeness (QED) is 0.559. The first kappa shape index (κ1) is 19.0. The largest absolute Gasteiger partial charge is 0.384 e. The Labute approximate surface area is 173 Å². The molecule has 0 saturated carbocycles. The molecule has 2 aliphatic heterocycles. The van der Waals surface area contributed by atoms with Gasteiger partial charge in [-0.05, 0) is 31.9 Å². The van der Waals surface area contributed by atoms with Crippen LogP contribution in [0.3, 0.4) is 0 Å². The van der Waals surface area contributed by atoms with Gasteiger partial charge >= 0.3 is 0 Å². The first-order chi connectivity index (χ1) is 14.4. The molecular weight excluding hydrogens is 384 g/mol. The van der Waals surface area contributed by atoms with Gasteiger partial charge in [0.05, 0.1) is 18.4 Å². The number of hydrogen-bond donors (Lipinski definition) is 3. The van der Waals surface area contributed by atoms with Crippen molar-refractivity contribution in [1.29, 1.82) is 0 Å². The number of fused-ring (bicyclic) bond motifs is 1. The summed E-state index contributed by atoms with van der Waals surface area (Å²) in [7, 11) is 1.75. The minimum atomic E-state index is -0.149. The lowest BCUT2D eigenvalue weighted by molar-refractivity contribution is 0.0973. The molecule has 0 amide bonds. The van der Waals surface area contributed by atoms with Gasteiger partial charge in [0.25, 0.3) is 5.56 Å². The highest BCUT2D eigenvalue weighted by atomic mass is 16.5. The Balaban J connectivity index is 1.49. The molecule has 158 valence electrons. The van der Waals surface area contributed by atoms with Gasteiger partial charge in [-0.25, -0.2) is 4.98 Å². The fraction of sp³-hybridized carbons (Fsp3) is 0.500. The molecule has 2 fully saturated rings. The highest BCUT2D eigenvalue weighted by molar-refractivity contribution is 5.91. The lowest BCUT2D eigenvalue weighted by Gasteiger charge is -2.41. The normalized spacial score (nSPS) is 23.5. The maximum absolute atomic E-state index is 13.2. The number of ether oxygens (including phenoxy) is 1. The molecule has 0 unspecified atom stereocenters. The van der Waals surface area contributed by atoms with E-state index >= 15 is 0 Å². The predicted molar refractivity (Wildman–Crippen MR) is 114 cm³/mol. The Morgan fingerprint density at radius 2 is 2.10 bits per heavy atom. The van der Waals surface area contributed by atoms with E-state index in [0.29, 0.717) is 35.1 Å². The van der Waals surface area contributed by atoms with E-state index in [1.807, 2.05) is 6.92 Å². The van der Waals surface area contributed by atoms with Gasteiger partial charge in [-0.3, -0.25) is 14.5 Å². The molecular formula is C20H26N8O2. The second-order valence-electron chi connectivity index (χ2n) is 8.43. The number of nitrogens with one attached hydrogen (secondary N) is 1. The molecule has 3 aromatic rings. The van der Waals surface area contributed by atoms with E-state index in [2.05, 4.69) is 20.1 Å². The Kier molecular flexibility index (Phi) is 4.30. The summed E-state index contributed by atoms with van der Waals surface area (Å²) in [5.74, 6) is 0.998.